The largest absolute Gasteiger partial charge is 0.391 e. The van der Waals surface area contributed by atoms with Crippen LogP contribution in [-0.2, 0) is 14.8 Å². The highest BCUT2D eigenvalue weighted by Crippen LogP contribution is 2.17. The number of aliphatic hydroxyl groups is 1. The van der Waals surface area contributed by atoms with Crippen LogP contribution in [0, 0.1) is 11.6 Å². The summed E-state index contributed by atoms with van der Waals surface area (Å²) in [5.41, 5.74) is 0. The quantitative estimate of drug-likeness (QED) is 0.774. The molecule has 0 aliphatic rings. The van der Waals surface area contributed by atoms with Gasteiger partial charge >= 0.3 is 0 Å². The highest BCUT2D eigenvalue weighted by Gasteiger charge is 2.23. The molecule has 1 aromatic rings. The van der Waals surface area contributed by atoms with Crippen molar-refractivity contribution >= 4 is 10.0 Å². The topological polar surface area (TPSA) is 75.6 Å². The maximum Gasteiger partial charge on any atom is 0.246 e. The van der Waals surface area contributed by atoms with Gasteiger partial charge in [-0.15, -0.1) is 0 Å². The molecule has 5 nitrogen and oxygen atoms in total. The van der Waals surface area contributed by atoms with Gasteiger partial charge in [0.1, 0.15) is 11.6 Å². The van der Waals surface area contributed by atoms with E-state index in [0.717, 1.165) is 18.2 Å². The van der Waals surface area contributed by atoms with Crippen molar-refractivity contribution in [3.63, 3.8) is 0 Å². The van der Waals surface area contributed by atoms with E-state index in [-0.39, 0.29) is 19.6 Å². The van der Waals surface area contributed by atoms with Crippen molar-refractivity contribution in [2.75, 3.05) is 20.3 Å². The Kier molecular flexibility index (Phi) is 5.80. The first-order valence-electron chi connectivity index (χ1n) is 5.49. The van der Waals surface area contributed by atoms with E-state index in [9.17, 15) is 22.3 Å². The van der Waals surface area contributed by atoms with Crippen LogP contribution < -0.4 is 4.72 Å². The van der Waals surface area contributed by atoms with Gasteiger partial charge in [-0.25, -0.2) is 21.9 Å². The Balaban J connectivity index is 2.72. The fraction of sp³-hybridized carbons (Fsp3) is 0.455. The summed E-state index contributed by atoms with van der Waals surface area (Å²) in [5, 5.41) is 9.32. The first-order valence-corrected chi connectivity index (χ1v) is 6.97. The molecule has 108 valence electrons. The number of hydrogen-bond acceptors (Lipinski definition) is 4. The van der Waals surface area contributed by atoms with Crippen LogP contribution in [0.5, 0.6) is 0 Å². The molecular weight excluding hydrogens is 280 g/mol. The average Bonchev–Trinajstić information content (AvgIpc) is 2.28. The number of nitrogens with one attached hydrogen (secondary N) is 1. The van der Waals surface area contributed by atoms with Gasteiger partial charge in [0.2, 0.25) is 10.0 Å². The molecule has 8 heteroatoms. The normalized spacial score (nSPS) is 13.5. The molecule has 1 unspecified atom stereocenters. The van der Waals surface area contributed by atoms with Gasteiger partial charge in [-0.3, -0.25) is 0 Å². The molecule has 0 aliphatic carbocycles. The van der Waals surface area contributed by atoms with Gasteiger partial charge in [-0.05, 0) is 18.6 Å². The summed E-state index contributed by atoms with van der Waals surface area (Å²) in [6.45, 7) is -0.101. The average molecular weight is 295 g/mol. The number of rotatable bonds is 7. The standard InChI is InChI=1S/C11H15F2NO4S/c1-18-7-8(15)5-6-14-19(16,17)11-9(12)3-2-4-10(11)13/h2-4,8,14-15H,5-7H2,1H3. The molecule has 0 aromatic heterocycles. The number of aliphatic hydroxyl groups excluding tert-OH is 1. The van der Waals surface area contributed by atoms with Crippen molar-refractivity contribution in [3.8, 4) is 0 Å². The Morgan fingerprint density at radius 2 is 1.95 bits per heavy atom. The molecular formula is C11H15F2NO4S. The Bertz CT molecular complexity index is 501. The van der Waals surface area contributed by atoms with Crippen LogP contribution in [-0.4, -0.2) is 39.9 Å². The fourth-order valence-corrected chi connectivity index (χ4v) is 2.63. The van der Waals surface area contributed by atoms with Gasteiger partial charge in [0, 0.05) is 13.7 Å². The van der Waals surface area contributed by atoms with Crippen LogP contribution in [0.2, 0.25) is 0 Å². The molecule has 19 heavy (non-hydrogen) atoms. The van der Waals surface area contributed by atoms with Gasteiger partial charge in [0.15, 0.2) is 4.90 Å². The lowest BCUT2D eigenvalue weighted by Gasteiger charge is -2.11. The molecule has 0 spiro atoms. The van der Waals surface area contributed by atoms with Crippen LogP contribution in [0.15, 0.2) is 23.1 Å². The van der Waals surface area contributed by atoms with Gasteiger partial charge in [0.05, 0.1) is 12.7 Å². The van der Waals surface area contributed by atoms with E-state index in [1.807, 2.05) is 4.72 Å². The number of benzene rings is 1. The number of ether oxygens (including phenoxy) is 1. The minimum Gasteiger partial charge on any atom is -0.391 e. The van der Waals surface area contributed by atoms with E-state index in [1.54, 1.807) is 0 Å². The second-order valence-electron chi connectivity index (χ2n) is 3.85. The van der Waals surface area contributed by atoms with E-state index in [4.69, 9.17) is 0 Å². The molecule has 1 aromatic carbocycles. The van der Waals surface area contributed by atoms with Crippen molar-refractivity contribution in [1.29, 1.82) is 0 Å². The predicted molar refractivity (Wildman–Crippen MR) is 64.0 cm³/mol. The van der Waals surface area contributed by atoms with Crippen LogP contribution in [0.3, 0.4) is 0 Å². The maximum atomic E-state index is 13.3. The third-order valence-electron chi connectivity index (χ3n) is 2.32. The van der Waals surface area contributed by atoms with Crippen molar-refractivity contribution in [3.05, 3.63) is 29.8 Å². The summed E-state index contributed by atoms with van der Waals surface area (Å²) in [5.74, 6) is -2.32. The molecule has 2 N–H and O–H groups in total. The highest BCUT2D eigenvalue weighted by atomic mass is 32.2. The van der Waals surface area contributed by atoms with Crippen LogP contribution in [0.1, 0.15) is 6.42 Å². The van der Waals surface area contributed by atoms with Crippen molar-refractivity contribution in [1.82, 2.24) is 4.72 Å². The number of halogens is 2. The number of methoxy groups -OCH3 is 1. The monoisotopic (exact) mass is 295 g/mol. The van der Waals surface area contributed by atoms with Gasteiger partial charge in [-0.1, -0.05) is 6.07 Å². The summed E-state index contributed by atoms with van der Waals surface area (Å²) in [6, 6.07) is 2.79. The van der Waals surface area contributed by atoms with Crippen molar-refractivity contribution < 1.29 is 27.0 Å². The van der Waals surface area contributed by atoms with Gasteiger partial charge < -0.3 is 9.84 Å². The minimum absolute atomic E-state index is 0.0514. The molecule has 0 heterocycles. The Morgan fingerprint density at radius 1 is 1.37 bits per heavy atom. The minimum atomic E-state index is -4.28. The van der Waals surface area contributed by atoms with Gasteiger partial charge in [-0.2, -0.15) is 0 Å². The van der Waals surface area contributed by atoms with E-state index >= 15 is 0 Å². The van der Waals surface area contributed by atoms with Gasteiger partial charge in [0.25, 0.3) is 0 Å². The third kappa shape index (κ3) is 4.50. The second-order valence-corrected chi connectivity index (χ2v) is 5.55. The van der Waals surface area contributed by atoms with E-state index in [0.29, 0.717) is 0 Å². The first kappa shape index (κ1) is 16.0. The SMILES string of the molecule is COCC(O)CCNS(=O)(=O)c1c(F)cccc1F. The van der Waals surface area contributed by atoms with Crippen LogP contribution in [0.25, 0.3) is 0 Å². The summed E-state index contributed by atoms with van der Waals surface area (Å²) in [7, 11) is -2.89. The summed E-state index contributed by atoms with van der Waals surface area (Å²) in [6.07, 6.45) is -0.776. The van der Waals surface area contributed by atoms with E-state index in [1.165, 1.54) is 7.11 Å². The summed E-state index contributed by atoms with van der Waals surface area (Å²) >= 11 is 0. The van der Waals surface area contributed by atoms with E-state index in [2.05, 4.69) is 4.74 Å². The number of hydrogen-bond donors (Lipinski definition) is 2. The van der Waals surface area contributed by atoms with Crippen molar-refractivity contribution in [2.45, 2.75) is 17.4 Å². The molecule has 0 fully saturated rings. The molecule has 0 saturated carbocycles. The molecule has 0 saturated heterocycles. The Hall–Kier alpha value is -1.09. The predicted octanol–water partition coefficient (Wildman–Crippen LogP) is 0.640. The maximum absolute atomic E-state index is 13.3. The second kappa shape index (κ2) is 6.90. The van der Waals surface area contributed by atoms with Crippen molar-refractivity contribution in [2.24, 2.45) is 0 Å². The molecule has 1 atom stereocenters. The third-order valence-corrected chi connectivity index (χ3v) is 3.83. The molecule has 0 bridgehead atoms. The lowest BCUT2D eigenvalue weighted by atomic mass is 10.3. The molecule has 0 aliphatic heterocycles. The van der Waals surface area contributed by atoms with Crippen LogP contribution in [0.4, 0.5) is 8.78 Å². The lowest BCUT2D eigenvalue weighted by molar-refractivity contribution is 0.0603. The summed E-state index contributed by atoms with van der Waals surface area (Å²) in [4.78, 5) is -1.02. The number of sulfonamides is 1. The highest BCUT2D eigenvalue weighted by molar-refractivity contribution is 7.89. The van der Waals surface area contributed by atoms with E-state index < -0.39 is 32.7 Å². The summed E-state index contributed by atoms with van der Waals surface area (Å²) < 4.78 is 56.8. The zero-order chi connectivity index (χ0) is 14.5. The molecule has 0 amide bonds. The lowest BCUT2D eigenvalue weighted by Crippen LogP contribution is -2.29. The Morgan fingerprint density at radius 3 is 2.47 bits per heavy atom. The zero-order valence-electron chi connectivity index (χ0n) is 10.3. The smallest absolute Gasteiger partial charge is 0.246 e. The molecule has 0 radical (unpaired) electrons. The Labute approximate surface area is 110 Å². The fourth-order valence-electron chi connectivity index (χ4n) is 1.45. The van der Waals surface area contributed by atoms with Crippen LogP contribution >= 0.6 is 0 Å². The zero-order valence-corrected chi connectivity index (χ0v) is 11.1. The molecule has 1 rings (SSSR count). The first-order chi connectivity index (χ1) is 8.88.